The maximum atomic E-state index is 5.33. The topological polar surface area (TPSA) is 35.6 Å². The van der Waals surface area contributed by atoms with Gasteiger partial charge in [-0.2, -0.15) is 0 Å². The number of benzene rings is 10. The quantitative estimate of drug-likeness (QED) is 0.179. The Hall–Kier alpha value is -8.08. The van der Waals surface area contributed by atoms with Gasteiger partial charge in [-0.3, -0.25) is 0 Å². The highest BCUT2D eigenvalue weighted by molar-refractivity contribution is 6.20. The van der Waals surface area contributed by atoms with Gasteiger partial charge in [0.05, 0.1) is 55.9 Å². The van der Waals surface area contributed by atoms with Gasteiger partial charge in [0.2, 0.25) is 0 Å². The van der Waals surface area contributed by atoms with Gasteiger partial charge < -0.3 is 9.13 Å². The number of hydrogen-bond donors (Lipinski definition) is 0. The van der Waals surface area contributed by atoms with Crippen molar-refractivity contribution in [3.8, 4) is 33.9 Å². The fourth-order valence-electron chi connectivity index (χ4n) is 9.76. The van der Waals surface area contributed by atoms with E-state index in [2.05, 4.69) is 191 Å². The molecule has 0 fully saturated rings. The Morgan fingerprint density at radius 1 is 0.300 bits per heavy atom. The number of hydrogen-bond acceptors (Lipinski definition) is 2. The molecule has 0 unspecified atom stereocenters. The zero-order valence-electron chi connectivity index (χ0n) is 32.4. The summed E-state index contributed by atoms with van der Waals surface area (Å²) in [6, 6.07) is 74.4. The molecule has 0 atom stereocenters. The Kier molecular flexibility index (Phi) is 6.98. The highest BCUT2D eigenvalue weighted by atomic mass is 15.0. The van der Waals surface area contributed by atoms with Gasteiger partial charge in [0.25, 0.3) is 0 Å². The second kappa shape index (κ2) is 12.7. The average molecular weight is 763 g/mol. The molecule has 3 aromatic heterocycles. The van der Waals surface area contributed by atoms with E-state index in [1.807, 2.05) is 24.3 Å². The van der Waals surface area contributed by atoms with Crippen molar-refractivity contribution in [3.05, 3.63) is 206 Å². The molecule has 0 saturated carbocycles. The summed E-state index contributed by atoms with van der Waals surface area (Å²) in [4.78, 5) is 10.6. The van der Waals surface area contributed by atoms with Gasteiger partial charge in [0.15, 0.2) is 0 Å². The Morgan fingerprint density at radius 2 is 0.833 bits per heavy atom. The maximum absolute atomic E-state index is 5.33. The third-order valence-corrected chi connectivity index (χ3v) is 12.4. The molecule has 13 rings (SSSR count). The SMILES string of the molecule is c1ccc(-c2nc3ccccc3nc2-c2ccc(-n3c4cc5ccccc5cc4c4c(-n5c6ccccc6c6cc7ccccc7cc65)cccc43)c3ccccc23)cc1. The third-order valence-electron chi connectivity index (χ3n) is 12.4. The molecule has 4 heteroatoms. The predicted molar refractivity (Wildman–Crippen MR) is 252 cm³/mol. The minimum atomic E-state index is 0.872. The van der Waals surface area contributed by atoms with E-state index < -0.39 is 0 Å². The van der Waals surface area contributed by atoms with Crippen LogP contribution in [0.5, 0.6) is 0 Å². The zero-order chi connectivity index (χ0) is 39.3. The van der Waals surface area contributed by atoms with Gasteiger partial charge in [-0.05, 0) is 93.7 Å². The molecule has 0 bridgehead atoms. The Labute approximate surface area is 344 Å². The lowest BCUT2D eigenvalue weighted by Gasteiger charge is -2.17. The molecule has 10 aromatic carbocycles. The minimum Gasteiger partial charge on any atom is -0.309 e. The number of aromatic nitrogens is 4. The highest BCUT2D eigenvalue weighted by Crippen LogP contribution is 2.44. The molecule has 4 nitrogen and oxygen atoms in total. The van der Waals surface area contributed by atoms with Gasteiger partial charge in [0.1, 0.15) is 0 Å². The van der Waals surface area contributed by atoms with Crippen LogP contribution < -0.4 is 0 Å². The van der Waals surface area contributed by atoms with Crippen LogP contribution in [0.3, 0.4) is 0 Å². The molecular formula is C56H34N4. The average Bonchev–Trinajstić information content (AvgIpc) is 3.81. The Bertz CT molecular complexity index is 3890. The molecule has 0 saturated heterocycles. The molecule has 0 amide bonds. The van der Waals surface area contributed by atoms with E-state index >= 15 is 0 Å². The van der Waals surface area contributed by atoms with Gasteiger partial charge in [-0.25, -0.2) is 9.97 Å². The van der Waals surface area contributed by atoms with E-state index in [9.17, 15) is 0 Å². The van der Waals surface area contributed by atoms with Crippen molar-refractivity contribution in [2.24, 2.45) is 0 Å². The summed E-state index contributed by atoms with van der Waals surface area (Å²) < 4.78 is 4.98. The van der Waals surface area contributed by atoms with Crippen molar-refractivity contribution in [2.75, 3.05) is 0 Å². The second-order valence-corrected chi connectivity index (χ2v) is 15.7. The molecule has 13 aromatic rings. The zero-order valence-corrected chi connectivity index (χ0v) is 32.4. The van der Waals surface area contributed by atoms with Crippen LogP contribution in [0.1, 0.15) is 0 Å². The van der Waals surface area contributed by atoms with Crippen molar-refractivity contribution >= 4 is 87.0 Å². The number of rotatable bonds is 4. The summed E-state index contributed by atoms with van der Waals surface area (Å²) >= 11 is 0. The first-order chi connectivity index (χ1) is 29.8. The van der Waals surface area contributed by atoms with Gasteiger partial charge in [-0.1, -0.05) is 140 Å². The van der Waals surface area contributed by atoms with E-state index in [0.717, 1.165) is 66.7 Å². The van der Waals surface area contributed by atoms with Gasteiger partial charge >= 0.3 is 0 Å². The van der Waals surface area contributed by atoms with Crippen LogP contribution in [-0.2, 0) is 0 Å². The van der Waals surface area contributed by atoms with E-state index in [1.165, 1.54) is 54.1 Å². The number of fused-ring (bicyclic) bond motifs is 10. The second-order valence-electron chi connectivity index (χ2n) is 15.7. The largest absolute Gasteiger partial charge is 0.309 e. The molecule has 278 valence electrons. The Balaban J connectivity index is 1.13. The molecule has 0 aliphatic heterocycles. The lowest BCUT2D eigenvalue weighted by molar-refractivity contribution is 1.18. The maximum Gasteiger partial charge on any atom is 0.0979 e. The van der Waals surface area contributed by atoms with Crippen molar-refractivity contribution in [2.45, 2.75) is 0 Å². The molecule has 0 radical (unpaired) electrons. The first-order valence-corrected chi connectivity index (χ1v) is 20.5. The summed E-state index contributed by atoms with van der Waals surface area (Å²) in [5, 5.41) is 12.1. The number of para-hydroxylation sites is 3. The molecule has 0 N–H and O–H groups in total. The first-order valence-electron chi connectivity index (χ1n) is 20.5. The van der Waals surface area contributed by atoms with Gasteiger partial charge in [-0.15, -0.1) is 0 Å². The summed E-state index contributed by atoms with van der Waals surface area (Å²) in [5.74, 6) is 0. The van der Waals surface area contributed by atoms with Crippen molar-refractivity contribution in [3.63, 3.8) is 0 Å². The Morgan fingerprint density at radius 3 is 1.57 bits per heavy atom. The van der Waals surface area contributed by atoms with Crippen LogP contribution in [0, 0.1) is 0 Å². The fraction of sp³-hybridized carbons (Fsp3) is 0. The van der Waals surface area contributed by atoms with Crippen molar-refractivity contribution in [1.82, 2.24) is 19.1 Å². The number of nitrogens with zero attached hydrogens (tertiary/aromatic N) is 4. The summed E-state index contributed by atoms with van der Waals surface area (Å²) in [6.45, 7) is 0. The lowest BCUT2D eigenvalue weighted by atomic mass is 9.96. The predicted octanol–water partition coefficient (Wildman–Crippen LogP) is 14.6. The molecule has 0 spiro atoms. The van der Waals surface area contributed by atoms with Crippen LogP contribution in [0.4, 0.5) is 0 Å². The summed E-state index contributed by atoms with van der Waals surface area (Å²) in [6.07, 6.45) is 0. The van der Waals surface area contributed by atoms with Crippen LogP contribution in [0.2, 0.25) is 0 Å². The summed E-state index contributed by atoms with van der Waals surface area (Å²) in [7, 11) is 0. The molecule has 3 heterocycles. The normalized spacial score (nSPS) is 12.0. The molecular weight excluding hydrogens is 729 g/mol. The standard InChI is InChI=1S/C56H34N4/c1-2-15-35(16-3-1)55-56(58-47-25-12-11-24-46(47)57-55)43-29-30-49(41-22-9-8-21-40(41)43)60-51-28-14-27-50(54(51)45-32-37-18-5-7-20-39(37)34-53(45)60)59-48-26-13-10-23-42(48)44-31-36-17-4-6-19-38(36)33-52(44)59/h1-34H. The monoisotopic (exact) mass is 762 g/mol. The van der Waals surface area contributed by atoms with Crippen molar-refractivity contribution < 1.29 is 0 Å². The van der Waals surface area contributed by atoms with Crippen molar-refractivity contribution in [1.29, 1.82) is 0 Å². The van der Waals surface area contributed by atoms with Crippen LogP contribution in [0.15, 0.2) is 206 Å². The van der Waals surface area contributed by atoms with Crippen LogP contribution in [0.25, 0.3) is 121 Å². The molecule has 0 aliphatic carbocycles. The van der Waals surface area contributed by atoms with E-state index in [0.29, 0.717) is 0 Å². The van der Waals surface area contributed by atoms with E-state index in [1.54, 1.807) is 0 Å². The van der Waals surface area contributed by atoms with E-state index in [4.69, 9.17) is 9.97 Å². The third kappa shape index (κ3) is 4.79. The van der Waals surface area contributed by atoms with Crippen LogP contribution >= 0.6 is 0 Å². The minimum absolute atomic E-state index is 0.872. The lowest BCUT2D eigenvalue weighted by Crippen LogP contribution is -1.99. The first kappa shape index (κ1) is 32.9. The molecule has 60 heavy (non-hydrogen) atoms. The van der Waals surface area contributed by atoms with Crippen LogP contribution in [-0.4, -0.2) is 19.1 Å². The molecule has 0 aliphatic rings. The highest BCUT2D eigenvalue weighted by Gasteiger charge is 2.23. The van der Waals surface area contributed by atoms with E-state index in [-0.39, 0.29) is 0 Å². The van der Waals surface area contributed by atoms with Gasteiger partial charge in [0, 0.05) is 38.1 Å². The fourth-order valence-corrected chi connectivity index (χ4v) is 9.76. The smallest absolute Gasteiger partial charge is 0.0979 e. The summed E-state index contributed by atoms with van der Waals surface area (Å²) in [5.41, 5.74) is 12.6.